The zero-order chi connectivity index (χ0) is 11.9. The Bertz CT molecular complexity index is 361. The fourth-order valence-electron chi connectivity index (χ4n) is 2.08. The first kappa shape index (κ1) is 12.3. The number of nitrogens with one attached hydrogen (secondary N) is 1. The van der Waals surface area contributed by atoms with E-state index in [2.05, 4.69) is 27.8 Å². The number of hydrogen-bond acceptors (Lipinski definition) is 4. The molecule has 0 aliphatic heterocycles. The molecule has 2 rings (SSSR count). The van der Waals surface area contributed by atoms with E-state index >= 15 is 0 Å². The molecule has 0 amide bonds. The second-order valence-electron chi connectivity index (χ2n) is 4.48. The van der Waals surface area contributed by atoms with Crippen LogP contribution in [0.4, 0.5) is 0 Å². The summed E-state index contributed by atoms with van der Waals surface area (Å²) in [5, 5.41) is 20.1. The molecule has 0 spiro atoms. The summed E-state index contributed by atoms with van der Waals surface area (Å²) < 4.78 is 1.67. The number of aromatic nitrogens is 3. The van der Waals surface area contributed by atoms with Gasteiger partial charge < -0.3 is 10.4 Å². The molecule has 1 aromatic heterocycles. The monoisotopic (exact) mass is 236 g/mol. The van der Waals surface area contributed by atoms with Crippen LogP contribution in [0.25, 0.3) is 0 Å². The number of rotatable bonds is 6. The lowest BCUT2D eigenvalue weighted by molar-refractivity contribution is 0.268. The lowest BCUT2D eigenvalue weighted by Gasteiger charge is -2.17. The number of aliphatic hydroxyl groups excluding tert-OH is 1. The number of aliphatic hydroxyl groups is 1. The first-order chi connectivity index (χ1) is 8.38. The van der Waals surface area contributed by atoms with Crippen LogP contribution in [-0.2, 0) is 13.1 Å². The summed E-state index contributed by atoms with van der Waals surface area (Å²) >= 11 is 0. The lowest BCUT2D eigenvalue weighted by atomic mass is 9.94. The van der Waals surface area contributed by atoms with E-state index in [0.717, 1.165) is 24.7 Å². The Hall–Kier alpha value is -1.20. The van der Waals surface area contributed by atoms with E-state index in [0.29, 0.717) is 6.54 Å². The van der Waals surface area contributed by atoms with E-state index in [1.807, 2.05) is 6.20 Å². The third-order valence-corrected chi connectivity index (χ3v) is 3.03. The molecule has 5 heteroatoms. The summed E-state index contributed by atoms with van der Waals surface area (Å²) in [7, 11) is 0. The van der Waals surface area contributed by atoms with Crippen molar-refractivity contribution in [2.75, 3.05) is 13.2 Å². The van der Waals surface area contributed by atoms with Gasteiger partial charge in [-0.2, -0.15) is 0 Å². The highest BCUT2D eigenvalue weighted by atomic mass is 16.3. The van der Waals surface area contributed by atoms with Crippen LogP contribution in [0.15, 0.2) is 18.3 Å². The van der Waals surface area contributed by atoms with Gasteiger partial charge in [0.2, 0.25) is 0 Å². The van der Waals surface area contributed by atoms with Crippen molar-refractivity contribution in [2.45, 2.75) is 32.4 Å². The highest BCUT2D eigenvalue weighted by Gasteiger charge is 2.09. The Kier molecular flexibility index (Phi) is 4.70. The van der Waals surface area contributed by atoms with Gasteiger partial charge in [0.15, 0.2) is 0 Å². The van der Waals surface area contributed by atoms with Crippen molar-refractivity contribution < 1.29 is 5.11 Å². The Morgan fingerprint density at radius 2 is 2.41 bits per heavy atom. The molecule has 0 saturated heterocycles. The molecule has 0 aromatic carbocycles. The molecule has 0 bridgehead atoms. The molecule has 0 radical (unpaired) electrons. The maximum absolute atomic E-state index is 8.76. The maximum Gasteiger partial charge on any atom is 0.0964 e. The third-order valence-electron chi connectivity index (χ3n) is 3.03. The summed E-state index contributed by atoms with van der Waals surface area (Å²) in [5.41, 5.74) is 0.935. The Labute approximate surface area is 102 Å². The topological polar surface area (TPSA) is 63.0 Å². The average molecular weight is 236 g/mol. The van der Waals surface area contributed by atoms with E-state index in [9.17, 15) is 0 Å². The first-order valence-electron chi connectivity index (χ1n) is 6.24. The minimum absolute atomic E-state index is 0.102. The summed E-state index contributed by atoms with van der Waals surface area (Å²) in [4.78, 5) is 0. The second-order valence-corrected chi connectivity index (χ2v) is 4.48. The van der Waals surface area contributed by atoms with Crippen LogP contribution in [0, 0.1) is 5.92 Å². The van der Waals surface area contributed by atoms with Crippen LogP contribution in [0.1, 0.15) is 25.0 Å². The quantitative estimate of drug-likeness (QED) is 0.714. The molecule has 1 atom stereocenters. The van der Waals surface area contributed by atoms with Gasteiger partial charge in [-0.25, -0.2) is 4.68 Å². The first-order valence-corrected chi connectivity index (χ1v) is 6.24. The van der Waals surface area contributed by atoms with Crippen molar-refractivity contribution >= 4 is 0 Å². The fourth-order valence-corrected chi connectivity index (χ4v) is 2.08. The average Bonchev–Trinajstić information content (AvgIpc) is 2.79. The number of allylic oxidation sites excluding steroid dienone is 2. The van der Waals surface area contributed by atoms with Crippen LogP contribution in [0.5, 0.6) is 0 Å². The highest BCUT2D eigenvalue weighted by molar-refractivity contribution is 4.93. The smallest absolute Gasteiger partial charge is 0.0964 e. The van der Waals surface area contributed by atoms with Gasteiger partial charge in [0.05, 0.1) is 18.8 Å². The molecule has 0 fully saturated rings. The van der Waals surface area contributed by atoms with Crippen LogP contribution in [0.3, 0.4) is 0 Å². The fraction of sp³-hybridized carbons (Fsp3) is 0.667. The molecule has 5 nitrogen and oxygen atoms in total. The van der Waals surface area contributed by atoms with Crippen molar-refractivity contribution in [3.8, 4) is 0 Å². The molecule has 1 unspecified atom stereocenters. The zero-order valence-corrected chi connectivity index (χ0v) is 10.0. The predicted octanol–water partition coefficient (Wildman–Crippen LogP) is 0.716. The molecular weight excluding hydrogens is 216 g/mol. The van der Waals surface area contributed by atoms with Gasteiger partial charge in [0.25, 0.3) is 0 Å². The number of hydrogen-bond donors (Lipinski definition) is 2. The highest BCUT2D eigenvalue weighted by Crippen LogP contribution is 2.16. The molecule has 17 heavy (non-hydrogen) atoms. The molecule has 1 heterocycles. The van der Waals surface area contributed by atoms with Gasteiger partial charge in [-0.1, -0.05) is 17.4 Å². The number of nitrogens with zero attached hydrogens (tertiary/aromatic N) is 3. The van der Waals surface area contributed by atoms with Crippen LogP contribution >= 0.6 is 0 Å². The second kappa shape index (κ2) is 6.51. The molecule has 1 aliphatic carbocycles. The van der Waals surface area contributed by atoms with E-state index in [1.54, 1.807) is 4.68 Å². The van der Waals surface area contributed by atoms with Crippen molar-refractivity contribution in [3.63, 3.8) is 0 Å². The zero-order valence-electron chi connectivity index (χ0n) is 10.0. The minimum Gasteiger partial charge on any atom is -0.394 e. The summed E-state index contributed by atoms with van der Waals surface area (Å²) in [6.45, 7) is 2.41. The molecule has 94 valence electrons. The molecule has 0 saturated carbocycles. The minimum atomic E-state index is 0.102. The van der Waals surface area contributed by atoms with Crippen molar-refractivity contribution in [1.29, 1.82) is 0 Å². The maximum atomic E-state index is 8.76. The Morgan fingerprint density at radius 3 is 3.18 bits per heavy atom. The summed E-state index contributed by atoms with van der Waals surface area (Å²) in [6, 6.07) is 0. The standard InChI is InChI=1S/C12H20N4O/c17-7-6-16-10-12(14-15-16)9-13-8-11-4-2-1-3-5-11/h1-2,10-11,13,17H,3-9H2. The Balaban J connectivity index is 1.68. The normalized spacial score (nSPS) is 19.7. The van der Waals surface area contributed by atoms with Crippen LogP contribution in [0.2, 0.25) is 0 Å². The van der Waals surface area contributed by atoms with E-state index in [-0.39, 0.29) is 6.61 Å². The summed E-state index contributed by atoms with van der Waals surface area (Å²) in [5.74, 6) is 0.757. The Morgan fingerprint density at radius 1 is 1.47 bits per heavy atom. The van der Waals surface area contributed by atoms with Gasteiger partial charge in [-0.15, -0.1) is 5.10 Å². The van der Waals surface area contributed by atoms with Gasteiger partial charge in [0.1, 0.15) is 0 Å². The molecule has 2 N–H and O–H groups in total. The van der Waals surface area contributed by atoms with E-state index in [4.69, 9.17) is 5.11 Å². The molecule has 1 aliphatic rings. The van der Waals surface area contributed by atoms with Crippen LogP contribution < -0.4 is 5.32 Å². The van der Waals surface area contributed by atoms with Gasteiger partial charge in [0, 0.05) is 12.7 Å². The van der Waals surface area contributed by atoms with Gasteiger partial charge in [-0.3, -0.25) is 0 Å². The van der Waals surface area contributed by atoms with E-state index < -0.39 is 0 Å². The summed E-state index contributed by atoms with van der Waals surface area (Å²) in [6.07, 6.45) is 10.1. The lowest BCUT2D eigenvalue weighted by Crippen LogP contribution is -2.23. The van der Waals surface area contributed by atoms with Crippen molar-refractivity contribution in [2.24, 2.45) is 5.92 Å². The van der Waals surface area contributed by atoms with Crippen molar-refractivity contribution in [3.05, 3.63) is 24.0 Å². The SMILES string of the molecule is OCCn1cc(CNCC2CC=CCC2)nn1. The van der Waals surface area contributed by atoms with Crippen molar-refractivity contribution in [1.82, 2.24) is 20.3 Å². The largest absolute Gasteiger partial charge is 0.394 e. The third kappa shape index (κ3) is 3.94. The predicted molar refractivity (Wildman–Crippen MR) is 65.3 cm³/mol. The van der Waals surface area contributed by atoms with Gasteiger partial charge >= 0.3 is 0 Å². The van der Waals surface area contributed by atoms with Crippen LogP contribution in [-0.4, -0.2) is 33.3 Å². The van der Waals surface area contributed by atoms with Gasteiger partial charge in [-0.05, 0) is 31.7 Å². The van der Waals surface area contributed by atoms with E-state index in [1.165, 1.54) is 19.3 Å². The molecular formula is C12H20N4O. The molecule has 1 aromatic rings.